The first-order valence-electron chi connectivity index (χ1n) is 11.9. The number of hydrogen-bond donors (Lipinski definition) is 1. The summed E-state index contributed by atoms with van der Waals surface area (Å²) in [7, 11) is 0. The summed E-state index contributed by atoms with van der Waals surface area (Å²) < 4.78 is 38.5. The molecule has 3 aliphatic rings. The van der Waals surface area contributed by atoms with Gasteiger partial charge in [0.05, 0.1) is 13.2 Å². The van der Waals surface area contributed by atoms with Gasteiger partial charge in [-0.15, -0.1) is 24.6 Å². The van der Waals surface area contributed by atoms with Gasteiger partial charge in [-0.1, -0.05) is 24.3 Å². The number of nitrogens with zero attached hydrogens (tertiary/aromatic N) is 2. The standard InChI is InChI=1S/C14H10F2S.C12H13N3O5.C2H2/c15-12-6-5-9-7-10-3-1-2-4-13(10)17-8-11(9)14(12)16;1-7(16)20-11-8(17)2-3-15-10(11)12(18)14-4-5-19-6-9(14)13-15;1-2/h1-6H,7-8H2;2-3,9,13H,4-6H2,1H3;1-2H/t;9-;/m.0./s1. The molecule has 0 aliphatic carbocycles. The lowest BCUT2D eigenvalue weighted by Crippen LogP contribution is -2.59. The molecule has 2 aromatic carbocycles. The highest BCUT2D eigenvalue weighted by atomic mass is 32.2. The van der Waals surface area contributed by atoms with Gasteiger partial charge in [0, 0.05) is 41.9 Å². The average molecular weight is 554 g/mol. The minimum absolute atomic E-state index is 0.0332. The Balaban J connectivity index is 0.000000172. The number of rotatable bonds is 1. The SMILES string of the molecule is C#C.CC(=O)Oc1c2n(ccc1=O)N[C@@H]1COCCN1C2=O.Fc1ccc2c(c1F)CSc1ccccc1C2. The molecule has 39 heavy (non-hydrogen) atoms. The molecule has 8 nitrogen and oxygen atoms in total. The average Bonchev–Trinajstić information content (AvgIpc) is 3.14. The molecule has 3 aromatic rings. The smallest absolute Gasteiger partial charge is 0.308 e. The van der Waals surface area contributed by atoms with Gasteiger partial charge in [0.25, 0.3) is 5.91 Å². The van der Waals surface area contributed by atoms with Crippen molar-refractivity contribution in [2.75, 3.05) is 25.2 Å². The van der Waals surface area contributed by atoms with E-state index in [9.17, 15) is 23.2 Å². The summed E-state index contributed by atoms with van der Waals surface area (Å²) in [6, 6.07) is 12.2. The molecule has 6 rings (SSSR count). The van der Waals surface area contributed by atoms with Crippen molar-refractivity contribution in [1.29, 1.82) is 0 Å². The molecule has 1 amide bonds. The number of carbonyl (C=O) groups is 2. The summed E-state index contributed by atoms with van der Waals surface area (Å²) in [5.41, 5.74) is 5.14. The molecule has 0 bridgehead atoms. The molecule has 0 radical (unpaired) electrons. The quantitative estimate of drug-likeness (QED) is 0.364. The molecule has 11 heteroatoms. The molecule has 4 heterocycles. The third kappa shape index (κ3) is 5.82. The van der Waals surface area contributed by atoms with E-state index in [1.807, 2.05) is 24.3 Å². The van der Waals surface area contributed by atoms with Crippen LogP contribution in [-0.4, -0.2) is 47.4 Å². The summed E-state index contributed by atoms with van der Waals surface area (Å²) in [6.45, 7) is 2.39. The van der Waals surface area contributed by atoms with Crippen LogP contribution in [0.5, 0.6) is 5.75 Å². The molecular formula is C28H25F2N3O5S. The fourth-order valence-electron chi connectivity index (χ4n) is 4.42. The molecule has 1 saturated heterocycles. The minimum atomic E-state index is -0.754. The van der Waals surface area contributed by atoms with Crippen LogP contribution in [0.25, 0.3) is 0 Å². The number of aromatic nitrogens is 1. The summed E-state index contributed by atoms with van der Waals surface area (Å²) in [5, 5.41) is 0. The van der Waals surface area contributed by atoms with E-state index in [1.54, 1.807) is 22.7 Å². The molecule has 1 fully saturated rings. The van der Waals surface area contributed by atoms with E-state index < -0.39 is 23.0 Å². The molecule has 0 saturated carbocycles. The van der Waals surface area contributed by atoms with Crippen LogP contribution in [-0.2, 0) is 21.7 Å². The highest BCUT2D eigenvalue weighted by Gasteiger charge is 2.37. The maximum atomic E-state index is 13.7. The molecule has 3 aliphatic heterocycles. The predicted octanol–water partition coefficient (Wildman–Crippen LogP) is 3.54. The number of hydrogen-bond acceptors (Lipinski definition) is 7. The third-order valence-electron chi connectivity index (χ3n) is 6.20. The van der Waals surface area contributed by atoms with E-state index in [0.29, 0.717) is 37.5 Å². The van der Waals surface area contributed by atoms with Crippen molar-refractivity contribution in [3.05, 3.63) is 92.9 Å². The van der Waals surface area contributed by atoms with Crippen LogP contribution in [0.3, 0.4) is 0 Å². The highest BCUT2D eigenvalue weighted by Crippen LogP contribution is 2.35. The second-order valence-corrected chi connectivity index (χ2v) is 9.63. The summed E-state index contributed by atoms with van der Waals surface area (Å²) >= 11 is 1.57. The van der Waals surface area contributed by atoms with Crippen molar-refractivity contribution in [1.82, 2.24) is 9.58 Å². The Kier molecular flexibility index (Phi) is 8.69. The van der Waals surface area contributed by atoms with Gasteiger partial charge in [-0.3, -0.25) is 19.1 Å². The van der Waals surface area contributed by atoms with E-state index >= 15 is 0 Å². The zero-order chi connectivity index (χ0) is 28.1. The Labute approximate surface area is 227 Å². The Morgan fingerprint density at radius 3 is 2.67 bits per heavy atom. The number of carbonyl (C=O) groups excluding carboxylic acids is 2. The van der Waals surface area contributed by atoms with Crippen molar-refractivity contribution >= 4 is 23.6 Å². The Bertz CT molecular complexity index is 1490. The summed E-state index contributed by atoms with van der Waals surface area (Å²) in [5.74, 6) is -2.20. The van der Waals surface area contributed by atoms with Gasteiger partial charge in [0.15, 0.2) is 17.3 Å². The number of esters is 1. The van der Waals surface area contributed by atoms with Crippen molar-refractivity contribution in [2.45, 2.75) is 30.2 Å². The van der Waals surface area contributed by atoms with E-state index in [-0.39, 0.29) is 23.5 Å². The van der Waals surface area contributed by atoms with Gasteiger partial charge < -0.3 is 19.8 Å². The number of thioether (sulfide) groups is 1. The monoisotopic (exact) mass is 553 g/mol. The molecule has 1 atom stereocenters. The lowest BCUT2D eigenvalue weighted by molar-refractivity contribution is -0.132. The minimum Gasteiger partial charge on any atom is -0.420 e. The zero-order valence-electron chi connectivity index (χ0n) is 21.0. The lowest BCUT2D eigenvalue weighted by atomic mass is 10.0. The highest BCUT2D eigenvalue weighted by molar-refractivity contribution is 7.98. The molecular weight excluding hydrogens is 528 g/mol. The normalized spacial score (nSPS) is 16.7. The molecule has 202 valence electrons. The van der Waals surface area contributed by atoms with Crippen LogP contribution in [0.15, 0.2) is 58.4 Å². The first-order valence-corrected chi connectivity index (χ1v) is 12.9. The third-order valence-corrected chi connectivity index (χ3v) is 7.34. The van der Waals surface area contributed by atoms with Gasteiger partial charge in [0.2, 0.25) is 11.2 Å². The van der Waals surface area contributed by atoms with Gasteiger partial charge in [-0.25, -0.2) is 8.78 Å². The van der Waals surface area contributed by atoms with E-state index in [2.05, 4.69) is 18.3 Å². The Hall–Kier alpha value is -4.14. The maximum absolute atomic E-state index is 13.7. The van der Waals surface area contributed by atoms with Crippen molar-refractivity contribution < 1.29 is 27.8 Å². The van der Waals surface area contributed by atoms with Gasteiger partial charge in [-0.2, -0.15) is 0 Å². The van der Waals surface area contributed by atoms with Crippen LogP contribution in [0, 0.1) is 24.5 Å². The van der Waals surface area contributed by atoms with Gasteiger partial charge in [0.1, 0.15) is 6.17 Å². The molecule has 1 N–H and O–H groups in total. The summed E-state index contributed by atoms with van der Waals surface area (Å²) in [4.78, 5) is 38.1. The number of ether oxygens (including phenoxy) is 2. The fraction of sp³-hybridized carbons (Fsp3) is 0.250. The lowest BCUT2D eigenvalue weighted by Gasteiger charge is -2.41. The van der Waals surface area contributed by atoms with Crippen molar-refractivity contribution in [3.63, 3.8) is 0 Å². The number of benzene rings is 2. The number of morpholine rings is 1. The molecule has 1 aromatic heterocycles. The number of halogens is 2. The first kappa shape index (κ1) is 27.9. The van der Waals surface area contributed by atoms with Crippen LogP contribution in [0.2, 0.25) is 0 Å². The van der Waals surface area contributed by atoms with E-state index in [0.717, 1.165) is 10.5 Å². The summed E-state index contributed by atoms with van der Waals surface area (Å²) in [6.07, 6.45) is 9.82. The van der Waals surface area contributed by atoms with Crippen LogP contribution >= 0.6 is 11.8 Å². The second-order valence-electron chi connectivity index (χ2n) is 8.61. The topological polar surface area (TPSA) is 89.9 Å². The molecule has 0 spiro atoms. The fourth-order valence-corrected chi connectivity index (χ4v) is 5.53. The van der Waals surface area contributed by atoms with Crippen molar-refractivity contribution in [3.8, 4) is 18.6 Å². The number of fused-ring (bicyclic) bond motifs is 4. The first-order chi connectivity index (χ1) is 18.8. The van der Waals surface area contributed by atoms with E-state index in [1.165, 1.54) is 35.5 Å². The van der Waals surface area contributed by atoms with Gasteiger partial charge >= 0.3 is 5.97 Å². The number of pyridine rings is 1. The predicted molar refractivity (Wildman–Crippen MR) is 142 cm³/mol. The number of nitrogens with one attached hydrogen (secondary N) is 1. The molecule has 0 unspecified atom stereocenters. The zero-order valence-corrected chi connectivity index (χ0v) is 21.8. The van der Waals surface area contributed by atoms with Gasteiger partial charge in [-0.05, 0) is 29.7 Å². The Morgan fingerprint density at radius 1 is 1.13 bits per heavy atom. The van der Waals surface area contributed by atoms with Crippen molar-refractivity contribution in [2.24, 2.45) is 0 Å². The van der Waals surface area contributed by atoms with Crippen LogP contribution in [0.1, 0.15) is 34.1 Å². The van der Waals surface area contributed by atoms with Crippen LogP contribution in [0.4, 0.5) is 8.78 Å². The number of terminal acetylenes is 1. The largest absolute Gasteiger partial charge is 0.420 e. The number of amides is 1. The van der Waals surface area contributed by atoms with E-state index in [4.69, 9.17) is 9.47 Å². The second kappa shape index (κ2) is 12.1. The van der Waals surface area contributed by atoms with Crippen LogP contribution < -0.4 is 15.6 Å². The Morgan fingerprint density at radius 2 is 1.90 bits per heavy atom. The maximum Gasteiger partial charge on any atom is 0.308 e.